The van der Waals surface area contributed by atoms with Gasteiger partial charge in [0.25, 0.3) is 0 Å². The standard InChI is InChI=1S/C14H11BrN4OS/c1-20-7-11-12(15)14(21)19-13(18-11)8-2-3-9-10(6-8)17-5-4-16-9/h2-6H,7H2,1H3,(H,18,19,21). The molecular formula is C14H11BrN4OS. The highest BCUT2D eigenvalue weighted by atomic mass is 79.9. The zero-order chi connectivity index (χ0) is 14.8. The number of hydrogen-bond acceptors (Lipinski definition) is 5. The van der Waals surface area contributed by atoms with Crippen LogP contribution in [0.25, 0.3) is 22.4 Å². The molecule has 106 valence electrons. The zero-order valence-corrected chi connectivity index (χ0v) is 13.5. The van der Waals surface area contributed by atoms with Gasteiger partial charge in [-0.15, -0.1) is 0 Å². The predicted molar refractivity (Wildman–Crippen MR) is 86.4 cm³/mol. The van der Waals surface area contributed by atoms with E-state index in [4.69, 9.17) is 17.0 Å². The molecule has 0 unspecified atom stereocenters. The molecule has 2 heterocycles. The minimum atomic E-state index is 0.424. The first-order chi connectivity index (χ1) is 10.2. The molecule has 7 heteroatoms. The van der Waals surface area contributed by atoms with Crippen molar-refractivity contribution in [1.29, 1.82) is 0 Å². The predicted octanol–water partition coefficient (Wildman–Crippen LogP) is 3.66. The number of benzene rings is 1. The SMILES string of the molecule is COCc1[nH]c(-c2ccc3nccnc3c2)nc(=S)c1Br. The summed E-state index contributed by atoms with van der Waals surface area (Å²) in [5.41, 5.74) is 3.41. The van der Waals surface area contributed by atoms with Gasteiger partial charge in [0.15, 0.2) is 0 Å². The summed E-state index contributed by atoms with van der Waals surface area (Å²) in [6.07, 6.45) is 3.34. The van der Waals surface area contributed by atoms with Gasteiger partial charge >= 0.3 is 0 Å². The fourth-order valence-electron chi connectivity index (χ4n) is 2.00. The highest BCUT2D eigenvalue weighted by molar-refractivity contribution is 9.10. The molecule has 5 nitrogen and oxygen atoms in total. The average molecular weight is 363 g/mol. The smallest absolute Gasteiger partial charge is 0.144 e. The summed E-state index contributed by atoms with van der Waals surface area (Å²) < 4.78 is 6.42. The van der Waals surface area contributed by atoms with Crippen LogP contribution in [0.5, 0.6) is 0 Å². The van der Waals surface area contributed by atoms with Gasteiger partial charge < -0.3 is 9.72 Å². The summed E-state index contributed by atoms with van der Waals surface area (Å²) in [7, 11) is 1.63. The van der Waals surface area contributed by atoms with Gasteiger partial charge in [0.05, 0.1) is 27.8 Å². The topological polar surface area (TPSA) is 63.7 Å². The van der Waals surface area contributed by atoms with Crippen LogP contribution in [0.1, 0.15) is 5.69 Å². The zero-order valence-electron chi connectivity index (χ0n) is 11.1. The van der Waals surface area contributed by atoms with Crippen LogP contribution in [-0.2, 0) is 11.3 Å². The maximum atomic E-state index is 5.28. The molecule has 0 aliphatic rings. The third-order valence-corrected chi connectivity index (χ3v) is 4.38. The Morgan fingerprint density at radius 1 is 1.24 bits per heavy atom. The Bertz CT molecular complexity index is 865. The molecule has 21 heavy (non-hydrogen) atoms. The number of rotatable bonds is 3. The first-order valence-electron chi connectivity index (χ1n) is 6.18. The van der Waals surface area contributed by atoms with Gasteiger partial charge in [0, 0.05) is 25.1 Å². The molecule has 0 bridgehead atoms. The second kappa shape index (κ2) is 5.97. The normalized spacial score (nSPS) is 11.0. The molecular weight excluding hydrogens is 352 g/mol. The van der Waals surface area contributed by atoms with Crippen molar-refractivity contribution >= 4 is 39.2 Å². The molecule has 3 aromatic rings. The fraction of sp³-hybridized carbons (Fsp3) is 0.143. The molecule has 0 amide bonds. The Balaban J connectivity index is 2.15. The van der Waals surface area contributed by atoms with Crippen molar-refractivity contribution in [3.8, 4) is 11.4 Å². The third kappa shape index (κ3) is 2.85. The minimum absolute atomic E-state index is 0.424. The van der Waals surface area contributed by atoms with E-state index < -0.39 is 0 Å². The van der Waals surface area contributed by atoms with Crippen LogP contribution in [0.2, 0.25) is 0 Å². The molecule has 0 radical (unpaired) electrons. The van der Waals surface area contributed by atoms with Crippen LogP contribution in [-0.4, -0.2) is 27.0 Å². The molecule has 0 fully saturated rings. The van der Waals surface area contributed by atoms with Crippen LogP contribution in [0.4, 0.5) is 0 Å². The van der Waals surface area contributed by atoms with E-state index in [1.165, 1.54) is 0 Å². The first-order valence-corrected chi connectivity index (χ1v) is 7.38. The Morgan fingerprint density at radius 2 is 2.00 bits per heavy atom. The van der Waals surface area contributed by atoms with Crippen LogP contribution in [0, 0.1) is 4.64 Å². The molecule has 0 atom stereocenters. The lowest BCUT2D eigenvalue weighted by Gasteiger charge is -2.08. The van der Waals surface area contributed by atoms with Crippen LogP contribution >= 0.6 is 28.1 Å². The second-order valence-electron chi connectivity index (χ2n) is 4.38. The van der Waals surface area contributed by atoms with E-state index >= 15 is 0 Å². The summed E-state index contributed by atoms with van der Waals surface area (Å²) in [5.74, 6) is 0.683. The molecule has 3 rings (SSSR count). The minimum Gasteiger partial charge on any atom is -0.378 e. The molecule has 0 spiro atoms. The summed E-state index contributed by atoms with van der Waals surface area (Å²) in [6, 6.07) is 5.78. The van der Waals surface area contributed by atoms with Crippen molar-refractivity contribution in [2.45, 2.75) is 6.61 Å². The van der Waals surface area contributed by atoms with Gasteiger partial charge in [0.2, 0.25) is 0 Å². The van der Waals surface area contributed by atoms with E-state index in [1.54, 1.807) is 19.5 Å². The van der Waals surface area contributed by atoms with E-state index in [-0.39, 0.29) is 0 Å². The summed E-state index contributed by atoms with van der Waals surface area (Å²) in [4.78, 5) is 16.2. The highest BCUT2D eigenvalue weighted by Crippen LogP contribution is 2.23. The summed E-state index contributed by atoms with van der Waals surface area (Å²) in [6.45, 7) is 0.424. The molecule has 1 aromatic carbocycles. The van der Waals surface area contributed by atoms with E-state index in [0.29, 0.717) is 17.1 Å². The van der Waals surface area contributed by atoms with Gasteiger partial charge in [-0.05, 0) is 34.1 Å². The third-order valence-electron chi connectivity index (χ3n) is 2.97. The number of aromatic nitrogens is 4. The lowest BCUT2D eigenvalue weighted by molar-refractivity contribution is 0.181. The number of nitrogens with zero attached hydrogens (tertiary/aromatic N) is 3. The maximum absolute atomic E-state index is 5.28. The molecule has 0 saturated heterocycles. The maximum Gasteiger partial charge on any atom is 0.144 e. The fourth-order valence-corrected chi connectivity index (χ4v) is 2.51. The monoisotopic (exact) mass is 362 g/mol. The molecule has 0 saturated carbocycles. The number of methoxy groups -OCH3 is 1. The highest BCUT2D eigenvalue weighted by Gasteiger charge is 2.09. The number of aromatic amines is 1. The number of fused-ring (bicyclic) bond motifs is 1. The second-order valence-corrected chi connectivity index (χ2v) is 5.56. The van der Waals surface area contributed by atoms with Crippen LogP contribution in [0.15, 0.2) is 35.1 Å². The van der Waals surface area contributed by atoms with Crippen LogP contribution < -0.4 is 0 Å². The van der Waals surface area contributed by atoms with Crippen molar-refractivity contribution in [1.82, 2.24) is 19.9 Å². The van der Waals surface area contributed by atoms with Gasteiger partial charge in [-0.25, -0.2) is 4.98 Å². The van der Waals surface area contributed by atoms with Gasteiger partial charge in [-0.1, -0.05) is 12.2 Å². The number of hydrogen-bond donors (Lipinski definition) is 1. The van der Waals surface area contributed by atoms with Crippen molar-refractivity contribution in [2.75, 3.05) is 7.11 Å². The number of H-pyrrole nitrogens is 1. The van der Waals surface area contributed by atoms with E-state index in [0.717, 1.165) is 26.8 Å². The summed E-state index contributed by atoms with van der Waals surface area (Å²) in [5, 5.41) is 0. The summed E-state index contributed by atoms with van der Waals surface area (Å²) >= 11 is 8.70. The van der Waals surface area contributed by atoms with Crippen molar-refractivity contribution < 1.29 is 4.74 Å². The van der Waals surface area contributed by atoms with Crippen LogP contribution in [0.3, 0.4) is 0 Å². The van der Waals surface area contributed by atoms with Crippen molar-refractivity contribution in [2.24, 2.45) is 0 Å². The Morgan fingerprint density at radius 3 is 2.76 bits per heavy atom. The lowest BCUT2D eigenvalue weighted by atomic mass is 10.2. The lowest BCUT2D eigenvalue weighted by Crippen LogP contribution is -2.00. The average Bonchev–Trinajstić information content (AvgIpc) is 2.51. The number of nitrogens with one attached hydrogen (secondary N) is 1. The Kier molecular flexibility index (Phi) is 4.05. The van der Waals surface area contributed by atoms with Crippen molar-refractivity contribution in [3.63, 3.8) is 0 Å². The van der Waals surface area contributed by atoms with Crippen molar-refractivity contribution in [3.05, 3.63) is 45.4 Å². The largest absolute Gasteiger partial charge is 0.378 e. The number of ether oxygens (including phenoxy) is 1. The molecule has 0 aliphatic carbocycles. The molecule has 1 N–H and O–H groups in total. The first kappa shape index (κ1) is 14.2. The van der Waals surface area contributed by atoms with Gasteiger partial charge in [-0.3, -0.25) is 9.97 Å². The van der Waals surface area contributed by atoms with E-state index in [9.17, 15) is 0 Å². The van der Waals surface area contributed by atoms with E-state index in [2.05, 4.69) is 35.9 Å². The Labute approximate surface area is 134 Å². The quantitative estimate of drug-likeness (QED) is 0.720. The Hall–Kier alpha value is -1.70. The molecule has 0 aliphatic heterocycles. The van der Waals surface area contributed by atoms with Gasteiger partial charge in [-0.2, -0.15) is 0 Å². The molecule has 2 aromatic heterocycles. The van der Waals surface area contributed by atoms with E-state index in [1.807, 2.05) is 18.2 Å². The van der Waals surface area contributed by atoms with Gasteiger partial charge in [0.1, 0.15) is 10.5 Å². The number of halogens is 1.